The Morgan fingerprint density at radius 1 is 1.46 bits per heavy atom. The monoisotopic (exact) mass is 168 g/mol. The van der Waals surface area contributed by atoms with E-state index in [4.69, 9.17) is 0 Å². The second-order valence-corrected chi connectivity index (χ2v) is 2.38. The number of aromatic carboxylic acids is 1. The number of nitrogens with zero attached hydrogens (tertiary/aromatic N) is 2. The second kappa shape index (κ2) is 3.65. The molecular formula is C8H5LiN2O2. The number of carbonyl (C=O) groups is 1. The van der Waals surface area contributed by atoms with Crippen LogP contribution in [0.1, 0.15) is 10.5 Å². The molecule has 0 bridgehead atoms. The summed E-state index contributed by atoms with van der Waals surface area (Å²) in [7, 11) is 0. The minimum absolute atomic E-state index is 0. The summed E-state index contributed by atoms with van der Waals surface area (Å²) in [6.45, 7) is 0. The van der Waals surface area contributed by atoms with Crippen molar-refractivity contribution in [2.45, 2.75) is 0 Å². The summed E-state index contributed by atoms with van der Waals surface area (Å²) in [5.74, 6) is -1.18. The Morgan fingerprint density at radius 3 is 2.92 bits per heavy atom. The van der Waals surface area contributed by atoms with Crippen LogP contribution in [0.5, 0.6) is 0 Å². The summed E-state index contributed by atoms with van der Waals surface area (Å²) in [4.78, 5) is 14.4. The molecule has 0 aliphatic carbocycles. The van der Waals surface area contributed by atoms with Crippen molar-refractivity contribution >= 4 is 11.5 Å². The van der Waals surface area contributed by atoms with Gasteiger partial charge in [-0.25, -0.2) is 0 Å². The second-order valence-electron chi connectivity index (χ2n) is 2.38. The minimum atomic E-state index is -1.18. The third-order valence-electron chi connectivity index (χ3n) is 1.67. The van der Waals surface area contributed by atoms with Gasteiger partial charge in [0.2, 0.25) is 0 Å². The number of hydrogen-bond donors (Lipinski definition) is 0. The number of carboxylic acids is 1. The molecule has 0 atom stereocenters. The average molecular weight is 168 g/mol. The molecule has 4 nitrogen and oxygen atoms in total. The maximum absolute atomic E-state index is 10.5. The van der Waals surface area contributed by atoms with Crippen molar-refractivity contribution in [1.82, 2.24) is 9.38 Å². The van der Waals surface area contributed by atoms with Crippen LogP contribution in [0.15, 0.2) is 30.7 Å². The summed E-state index contributed by atoms with van der Waals surface area (Å²) in [6, 6.07) is 3.17. The minimum Gasteiger partial charge on any atom is -0.543 e. The van der Waals surface area contributed by atoms with Crippen LogP contribution in [0.2, 0.25) is 0 Å². The molecule has 0 saturated carbocycles. The molecule has 0 unspecified atom stereocenters. The van der Waals surface area contributed by atoms with E-state index in [1.54, 1.807) is 18.5 Å². The van der Waals surface area contributed by atoms with Gasteiger partial charge in [0.15, 0.2) is 0 Å². The van der Waals surface area contributed by atoms with E-state index in [0.717, 1.165) is 5.52 Å². The Balaban J connectivity index is 0.000000845. The molecular weight excluding hydrogens is 163 g/mol. The van der Waals surface area contributed by atoms with E-state index in [9.17, 15) is 9.90 Å². The number of carbonyl (C=O) groups excluding carboxylic acids is 1. The van der Waals surface area contributed by atoms with Crippen LogP contribution in [0.4, 0.5) is 0 Å². The van der Waals surface area contributed by atoms with Crippen molar-refractivity contribution in [3.05, 3.63) is 36.4 Å². The molecule has 2 aromatic heterocycles. The molecule has 0 radical (unpaired) electrons. The van der Waals surface area contributed by atoms with E-state index in [1.807, 2.05) is 0 Å². The van der Waals surface area contributed by atoms with Crippen molar-refractivity contribution in [3.63, 3.8) is 0 Å². The van der Waals surface area contributed by atoms with Crippen LogP contribution >= 0.6 is 0 Å². The van der Waals surface area contributed by atoms with Crippen molar-refractivity contribution in [2.24, 2.45) is 0 Å². The number of carboxylic acid groups (broad SMARTS) is 1. The van der Waals surface area contributed by atoms with Crippen LogP contribution in [-0.2, 0) is 0 Å². The van der Waals surface area contributed by atoms with Gasteiger partial charge in [-0.05, 0) is 12.1 Å². The predicted octanol–water partition coefficient (Wildman–Crippen LogP) is -3.30. The van der Waals surface area contributed by atoms with Gasteiger partial charge in [0.25, 0.3) is 0 Å². The molecule has 13 heavy (non-hydrogen) atoms. The van der Waals surface area contributed by atoms with Gasteiger partial charge in [0, 0.05) is 12.4 Å². The molecule has 60 valence electrons. The first-order valence-corrected chi connectivity index (χ1v) is 3.41. The molecule has 2 aromatic rings. The Bertz CT molecular complexity index is 438. The smallest absolute Gasteiger partial charge is 0.543 e. The fraction of sp³-hybridized carbons (Fsp3) is 0. The van der Waals surface area contributed by atoms with Gasteiger partial charge < -0.3 is 14.3 Å². The average Bonchev–Trinajstić information content (AvgIpc) is 2.47. The molecule has 2 rings (SSSR count). The third-order valence-corrected chi connectivity index (χ3v) is 1.67. The molecule has 2 heterocycles. The van der Waals surface area contributed by atoms with Crippen LogP contribution < -0.4 is 24.0 Å². The van der Waals surface area contributed by atoms with Gasteiger partial charge in [-0.15, -0.1) is 0 Å². The molecule has 0 spiro atoms. The zero-order valence-electron chi connectivity index (χ0n) is 7.10. The standard InChI is InChI=1S/C8H6N2O2.Li/c11-8(12)7-2-1-6-5-9-3-4-10(6)7;/h1-5H,(H,11,12);/q;+1/p-1. The summed E-state index contributed by atoms with van der Waals surface area (Å²) >= 11 is 0. The van der Waals surface area contributed by atoms with Crippen molar-refractivity contribution in [3.8, 4) is 0 Å². The van der Waals surface area contributed by atoms with E-state index >= 15 is 0 Å². The molecule has 0 amide bonds. The summed E-state index contributed by atoms with van der Waals surface area (Å²) in [5.41, 5.74) is 0.893. The molecule has 0 aliphatic rings. The third kappa shape index (κ3) is 1.59. The van der Waals surface area contributed by atoms with Crippen LogP contribution in [0, 0.1) is 0 Å². The normalized spacial score (nSPS) is 9.54. The van der Waals surface area contributed by atoms with Gasteiger partial charge >= 0.3 is 18.9 Å². The van der Waals surface area contributed by atoms with E-state index in [0.29, 0.717) is 0 Å². The van der Waals surface area contributed by atoms with Gasteiger partial charge in [-0.3, -0.25) is 4.98 Å². The van der Waals surface area contributed by atoms with Gasteiger partial charge in [0.05, 0.1) is 23.4 Å². The quantitative estimate of drug-likeness (QED) is 0.419. The fourth-order valence-electron chi connectivity index (χ4n) is 1.13. The SMILES string of the molecule is O=C([O-])c1ccc2cnccn12.[Li+]. The number of hydrogen-bond acceptors (Lipinski definition) is 3. The van der Waals surface area contributed by atoms with Gasteiger partial charge in [0.1, 0.15) is 0 Å². The Labute approximate surface area is 86.4 Å². The van der Waals surface area contributed by atoms with E-state index in [-0.39, 0.29) is 24.6 Å². The molecule has 0 aromatic carbocycles. The largest absolute Gasteiger partial charge is 1.00 e. The molecule has 0 fully saturated rings. The molecule has 0 N–H and O–H groups in total. The number of rotatable bonds is 1. The van der Waals surface area contributed by atoms with Crippen LogP contribution in [0.3, 0.4) is 0 Å². The van der Waals surface area contributed by atoms with Crippen LogP contribution in [0.25, 0.3) is 5.52 Å². The summed E-state index contributed by atoms with van der Waals surface area (Å²) in [5, 5.41) is 10.5. The molecule has 5 heteroatoms. The maximum Gasteiger partial charge on any atom is 1.00 e. The zero-order valence-corrected chi connectivity index (χ0v) is 7.10. The van der Waals surface area contributed by atoms with Crippen LogP contribution in [-0.4, -0.2) is 15.4 Å². The fourth-order valence-corrected chi connectivity index (χ4v) is 1.13. The topological polar surface area (TPSA) is 57.4 Å². The summed E-state index contributed by atoms with van der Waals surface area (Å²) < 4.78 is 1.52. The first-order chi connectivity index (χ1) is 5.79. The van der Waals surface area contributed by atoms with Gasteiger partial charge in [-0.1, -0.05) is 0 Å². The van der Waals surface area contributed by atoms with Crippen molar-refractivity contribution in [2.75, 3.05) is 0 Å². The molecule has 0 saturated heterocycles. The predicted molar refractivity (Wildman–Crippen MR) is 39.5 cm³/mol. The Hall–Kier alpha value is -1.24. The number of fused-ring (bicyclic) bond motifs is 1. The van der Waals surface area contributed by atoms with Crippen molar-refractivity contribution in [1.29, 1.82) is 0 Å². The zero-order chi connectivity index (χ0) is 8.55. The first-order valence-electron chi connectivity index (χ1n) is 3.41. The van der Waals surface area contributed by atoms with Gasteiger partial charge in [-0.2, -0.15) is 0 Å². The van der Waals surface area contributed by atoms with Crippen molar-refractivity contribution < 1.29 is 28.8 Å². The Kier molecular flexibility index (Phi) is 2.76. The first kappa shape index (κ1) is 9.84. The van der Waals surface area contributed by atoms with E-state index in [2.05, 4.69) is 4.98 Å². The number of aromatic nitrogens is 2. The Morgan fingerprint density at radius 2 is 2.23 bits per heavy atom. The summed E-state index contributed by atoms with van der Waals surface area (Å²) in [6.07, 6.45) is 4.70. The van der Waals surface area contributed by atoms with E-state index < -0.39 is 5.97 Å². The maximum atomic E-state index is 10.5. The molecule has 0 aliphatic heterocycles. The van der Waals surface area contributed by atoms with E-state index in [1.165, 1.54) is 16.7 Å².